The van der Waals surface area contributed by atoms with E-state index in [4.69, 9.17) is 4.74 Å². The number of ether oxygens (including phenoxy) is 1. The summed E-state index contributed by atoms with van der Waals surface area (Å²) in [6.07, 6.45) is 0. The highest BCUT2D eigenvalue weighted by atomic mass is 32.2. The third-order valence-corrected chi connectivity index (χ3v) is 5.75. The Morgan fingerprint density at radius 1 is 1.15 bits per heavy atom. The first kappa shape index (κ1) is 21.6. The molecule has 9 nitrogen and oxygen atoms in total. The van der Waals surface area contributed by atoms with E-state index in [0.717, 1.165) is 0 Å². The normalized spacial score (nSPS) is 11.1. The van der Waals surface area contributed by atoms with Crippen molar-refractivity contribution in [1.29, 1.82) is 0 Å². The van der Waals surface area contributed by atoms with Crippen LogP contribution in [0.2, 0.25) is 0 Å². The molecule has 0 spiro atoms. The van der Waals surface area contributed by atoms with E-state index >= 15 is 0 Å². The summed E-state index contributed by atoms with van der Waals surface area (Å²) >= 11 is 0. The van der Waals surface area contributed by atoms with Crippen LogP contribution in [0.1, 0.15) is 29.8 Å². The molecule has 1 rings (SSSR count). The average Bonchev–Trinajstić information content (AvgIpc) is 2.60. The summed E-state index contributed by atoms with van der Waals surface area (Å²) in [6, 6.07) is 3.41. The Morgan fingerprint density at radius 2 is 1.77 bits per heavy atom. The van der Waals surface area contributed by atoms with E-state index in [1.165, 1.54) is 29.6 Å². The number of carbonyl (C=O) groups is 3. The fourth-order valence-electron chi connectivity index (χ4n) is 2.15. The molecule has 0 unspecified atom stereocenters. The Bertz CT molecular complexity index is 787. The van der Waals surface area contributed by atoms with Crippen LogP contribution in [0.4, 0.5) is 4.79 Å². The van der Waals surface area contributed by atoms with Crippen molar-refractivity contribution in [3.8, 4) is 0 Å². The van der Waals surface area contributed by atoms with Crippen molar-refractivity contribution in [2.75, 3.05) is 26.7 Å². The second-order valence-corrected chi connectivity index (χ2v) is 7.18. The van der Waals surface area contributed by atoms with Gasteiger partial charge in [-0.1, -0.05) is 19.9 Å². The van der Waals surface area contributed by atoms with Gasteiger partial charge in [-0.05, 0) is 24.6 Å². The van der Waals surface area contributed by atoms with Gasteiger partial charge >= 0.3 is 12.0 Å². The molecule has 0 aromatic heterocycles. The van der Waals surface area contributed by atoms with E-state index in [0.29, 0.717) is 18.7 Å². The van der Waals surface area contributed by atoms with Gasteiger partial charge in [-0.2, -0.15) is 4.31 Å². The highest BCUT2D eigenvalue weighted by Crippen LogP contribution is 2.21. The summed E-state index contributed by atoms with van der Waals surface area (Å²) in [5.74, 6) is -1.67. The van der Waals surface area contributed by atoms with E-state index < -0.39 is 34.5 Å². The number of hydrogen-bond acceptors (Lipinski definition) is 6. The van der Waals surface area contributed by atoms with Gasteiger partial charge in [0.25, 0.3) is 5.91 Å². The third kappa shape index (κ3) is 5.27. The summed E-state index contributed by atoms with van der Waals surface area (Å²) in [7, 11) is -2.41. The number of benzene rings is 1. The summed E-state index contributed by atoms with van der Waals surface area (Å²) < 4.78 is 31.4. The predicted molar refractivity (Wildman–Crippen MR) is 94.2 cm³/mol. The molecule has 144 valence electrons. The monoisotopic (exact) mass is 385 g/mol. The number of imide groups is 1. The topological polar surface area (TPSA) is 122 Å². The molecule has 0 saturated carbocycles. The van der Waals surface area contributed by atoms with Crippen LogP contribution in [-0.2, 0) is 19.6 Å². The van der Waals surface area contributed by atoms with Crippen molar-refractivity contribution in [2.45, 2.75) is 25.7 Å². The van der Waals surface area contributed by atoms with Gasteiger partial charge in [0, 0.05) is 20.1 Å². The van der Waals surface area contributed by atoms with Gasteiger partial charge in [0.05, 0.1) is 10.5 Å². The lowest BCUT2D eigenvalue weighted by molar-refractivity contribution is -0.123. The molecule has 26 heavy (non-hydrogen) atoms. The van der Waals surface area contributed by atoms with Crippen molar-refractivity contribution in [1.82, 2.24) is 14.9 Å². The van der Waals surface area contributed by atoms with E-state index in [9.17, 15) is 22.8 Å². The Morgan fingerprint density at radius 3 is 2.31 bits per heavy atom. The number of nitrogens with one attached hydrogen (secondary N) is 2. The Balaban J connectivity index is 2.97. The lowest BCUT2D eigenvalue weighted by Crippen LogP contribution is -2.39. The molecule has 0 aliphatic carbocycles. The highest BCUT2D eigenvalue weighted by Gasteiger charge is 2.25. The maximum absolute atomic E-state index is 12.7. The fraction of sp³-hybridized carbons (Fsp3) is 0.438. The Hall–Kier alpha value is -2.46. The molecule has 0 fully saturated rings. The number of hydrogen-bond donors (Lipinski definition) is 2. The summed E-state index contributed by atoms with van der Waals surface area (Å²) in [5.41, 5.74) is 0.486. The summed E-state index contributed by atoms with van der Waals surface area (Å²) in [4.78, 5) is 34.5. The molecular weight excluding hydrogens is 362 g/mol. The molecule has 1 aromatic rings. The zero-order valence-corrected chi connectivity index (χ0v) is 16.0. The van der Waals surface area contributed by atoms with Crippen LogP contribution in [0, 0.1) is 6.92 Å². The van der Waals surface area contributed by atoms with Gasteiger partial charge in [-0.25, -0.2) is 18.0 Å². The average molecular weight is 385 g/mol. The molecule has 0 aliphatic rings. The van der Waals surface area contributed by atoms with Gasteiger partial charge in [0.2, 0.25) is 10.0 Å². The van der Waals surface area contributed by atoms with E-state index in [1.807, 2.05) is 5.32 Å². The molecule has 3 amide bonds. The highest BCUT2D eigenvalue weighted by molar-refractivity contribution is 7.89. The zero-order valence-electron chi connectivity index (χ0n) is 15.2. The number of sulfonamides is 1. The van der Waals surface area contributed by atoms with Crippen molar-refractivity contribution in [2.24, 2.45) is 0 Å². The standard InChI is InChI=1S/C16H23N3O6S/c1-5-19(6-2)26(23,24)13-9-12(8-7-11(13)3)15(21)25-10-14(20)18-16(22)17-4/h7-9H,5-6,10H2,1-4H3,(H2,17,18,20,22). The van der Waals surface area contributed by atoms with Crippen molar-refractivity contribution < 1.29 is 27.5 Å². The van der Waals surface area contributed by atoms with E-state index in [-0.39, 0.29) is 10.5 Å². The van der Waals surface area contributed by atoms with Crippen LogP contribution < -0.4 is 10.6 Å². The first-order valence-corrected chi connectivity index (χ1v) is 9.40. The molecular formula is C16H23N3O6S. The predicted octanol–water partition coefficient (Wildman–Crippen LogP) is 0.638. The molecule has 0 bridgehead atoms. The number of carbonyl (C=O) groups excluding carboxylic acids is 3. The number of aryl methyl sites for hydroxylation is 1. The van der Waals surface area contributed by atoms with Crippen LogP contribution in [0.25, 0.3) is 0 Å². The maximum atomic E-state index is 12.7. The van der Waals surface area contributed by atoms with Gasteiger partial charge in [0.1, 0.15) is 0 Å². The molecule has 10 heteroatoms. The number of rotatable bonds is 7. The van der Waals surface area contributed by atoms with Crippen LogP contribution in [-0.4, -0.2) is 57.4 Å². The molecule has 0 heterocycles. The van der Waals surface area contributed by atoms with Crippen LogP contribution in [0.15, 0.2) is 23.1 Å². The number of urea groups is 1. The lowest BCUT2D eigenvalue weighted by Gasteiger charge is -2.20. The minimum atomic E-state index is -3.75. The lowest BCUT2D eigenvalue weighted by atomic mass is 10.1. The minimum absolute atomic E-state index is 0.00506. The molecule has 1 aromatic carbocycles. The Labute approximate surface area is 152 Å². The van der Waals surface area contributed by atoms with Crippen molar-refractivity contribution in [3.05, 3.63) is 29.3 Å². The minimum Gasteiger partial charge on any atom is -0.452 e. The van der Waals surface area contributed by atoms with Crippen LogP contribution in [0.5, 0.6) is 0 Å². The van der Waals surface area contributed by atoms with Crippen molar-refractivity contribution in [3.63, 3.8) is 0 Å². The van der Waals surface area contributed by atoms with Crippen LogP contribution in [0.3, 0.4) is 0 Å². The third-order valence-electron chi connectivity index (χ3n) is 3.56. The smallest absolute Gasteiger partial charge is 0.338 e. The quantitative estimate of drug-likeness (QED) is 0.664. The van der Waals surface area contributed by atoms with Crippen molar-refractivity contribution >= 4 is 27.9 Å². The van der Waals surface area contributed by atoms with Gasteiger partial charge in [0.15, 0.2) is 6.61 Å². The molecule has 0 atom stereocenters. The first-order valence-electron chi connectivity index (χ1n) is 7.96. The second kappa shape index (κ2) is 9.30. The molecule has 0 saturated heterocycles. The largest absolute Gasteiger partial charge is 0.452 e. The molecule has 2 N–H and O–H groups in total. The SMILES string of the molecule is CCN(CC)S(=O)(=O)c1cc(C(=O)OCC(=O)NC(=O)NC)ccc1C. The summed E-state index contributed by atoms with van der Waals surface area (Å²) in [5, 5.41) is 4.13. The fourth-order valence-corrected chi connectivity index (χ4v) is 3.86. The summed E-state index contributed by atoms with van der Waals surface area (Å²) in [6.45, 7) is 5.00. The second-order valence-electron chi connectivity index (χ2n) is 5.27. The zero-order chi connectivity index (χ0) is 19.9. The first-order chi connectivity index (χ1) is 12.2. The van der Waals surface area contributed by atoms with Gasteiger partial charge in [-0.3, -0.25) is 10.1 Å². The number of nitrogens with zero attached hydrogens (tertiary/aromatic N) is 1. The van der Waals surface area contributed by atoms with Gasteiger partial charge < -0.3 is 10.1 Å². The maximum Gasteiger partial charge on any atom is 0.338 e. The number of esters is 1. The Kier molecular flexibility index (Phi) is 7.72. The molecule has 0 aliphatic heterocycles. The number of amides is 3. The van der Waals surface area contributed by atoms with E-state index in [1.54, 1.807) is 20.8 Å². The van der Waals surface area contributed by atoms with Crippen LogP contribution >= 0.6 is 0 Å². The van der Waals surface area contributed by atoms with Gasteiger partial charge in [-0.15, -0.1) is 0 Å². The molecule has 0 radical (unpaired) electrons. The van der Waals surface area contributed by atoms with E-state index in [2.05, 4.69) is 5.32 Å².